The Morgan fingerprint density at radius 2 is 1.83 bits per heavy atom. The molecule has 5 nitrogen and oxygen atoms in total. The molecule has 3 rings (SSSR count). The summed E-state index contributed by atoms with van der Waals surface area (Å²) < 4.78 is 40.2. The number of nitrogens with one attached hydrogen (secondary N) is 1. The van der Waals surface area contributed by atoms with Crippen LogP contribution in [0.25, 0.3) is 0 Å². The van der Waals surface area contributed by atoms with E-state index in [1.54, 1.807) is 30.3 Å². The molecule has 23 heavy (non-hydrogen) atoms. The fraction of sp³-hybridized carbons (Fsp3) is 0.188. The van der Waals surface area contributed by atoms with E-state index in [0.717, 1.165) is 10.4 Å². The molecule has 7 heteroatoms. The third-order valence-electron chi connectivity index (χ3n) is 3.69. The number of amides is 1. The zero-order chi connectivity index (χ0) is 16.4. The van der Waals surface area contributed by atoms with Gasteiger partial charge in [-0.2, -0.15) is 4.31 Å². The van der Waals surface area contributed by atoms with E-state index in [9.17, 15) is 17.6 Å². The van der Waals surface area contributed by atoms with Gasteiger partial charge in [-0.15, -0.1) is 0 Å². The van der Waals surface area contributed by atoms with E-state index in [4.69, 9.17) is 0 Å². The van der Waals surface area contributed by atoms with Crippen molar-refractivity contribution in [2.24, 2.45) is 0 Å². The topological polar surface area (TPSA) is 66.5 Å². The Bertz CT molecular complexity index is 824. The molecule has 0 saturated carbocycles. The number of piperazine rings is 1. The molecule has 1 saturated heterocycles. The molecule has 1 fully saturated rings. The highest BCUT2D eigenvalue weighted by molar-refractivity contribution is 7.89. The Morgan fingerprint density at radius 1 is 1.09 bits per heavy atom. The quantitative estimate of drug-likeness (QED) is 0.929. The zero-order valence-electron chi connectivity index (χ0n) is 12.1. The smallest absolute Gasteiger partial charge is 0.244 e. The number of carbonyl (C=O) groups is 1. The predicted molar refractivity (Wildman–Crippen MR) is 82.5 cm³/mol. The summed E-state index contributed by atoms with van der Waals surface area (Å²) in [4.78, 5) is 12.1. The van der Waals surface area contributed by atoms with Crippen LogP contribution in [-0.4, -0.2) is 31.7 Å². The van der Waals surface area contributed by atoms with Crippen molar-refractivity contribution in [1.29, 1.82) is 0 Å². The van der Waals surface area contributed by atoms with Crippen molar-refractivity contribution in [2.45, 2.75) is 10.9 Å². The van der Waals surface area contributed by atoms with Crippen molar-refractivity contribution in [2.75, 3.05) is 13.1 Å². The molecule has 0 aliphatic carbocycles. The minimum atomic E-state index is -3.98. The van der Waals surface area contributed by atoms with Gasteiger partial charge in [0.2, 0.25) is 15.9 Å². The Morgan fingerprint density at radius 3 is 2.52 bits per heavy atom. The van der Waals surface area contributed by atoms with Crippen molar-refractivity contribution in [1.82, 2.24) is 9.62 Å². The van der Waals surface area contributed by atoms with E-state index >= 15 is 0 Å². The zero-order valence-corrected chi connectivity index (χ0v) is 13.0. The normalized spacial score (nSPS) is 19.3. The number of hydrogen-bond donors (Lipinski definition) is 1. The molecule has 0 spiro atoms. The summed E-state index contributed by atoms with van der Waals surface area (Å²) in [5.74, 6) is -1.02. The standard InChI is InChI=1S/C16H15FN2O3S/c17-13-7-4-8-14(11-13)23(21,22)19-10-9-18-16(20)15(19)12-5-2-1-3-6-12/h1-8,11,15H,9-10H2,(H,18,20). The minimum Gasteiger partial charge on any atom is -0.353 e. The van der Waals surface area contributed by atoms with Gasteiger partial charge >= 0.3 is 0 Å². The number of carbonyl (C=O) groups excluding carboxylic acids is 1. The summed E-state index contributed by atoms with van der Waals surface area (Å²) in [5.41, 5.74) is 0.574. The van der Waals surface area contributed by atoms with Crippen LogP contribution in [0.5, 0.6) is 0 Å². The molecule has 0 aromatic heterocycles. The van der Waals surface area contributed by atoms with Crippen molar-refractivity contribution < 1.29 is 17.6 Å². The molecule has 1 atom stereocenters. The largest absolute Gasteiger partial charge is 0.353 e. The second-order valence-electron chi connectivity index (χ2n) is 5.18. The Labute approximate surface area is 133 Å². The molecule has 0 bridgehead atoms. The molecule has 120 valence electrons. The van der Waals surface area contributed by atoms with Crippen molar-refractivity contribution >= 4 is 15.9 Å². The number of halogens is 1. The lowest BCUT2D eigenvalue weighted by Gasteiger charge is -2.34. The average molecular weight is 334 g/mol. The number of hydrogen-bond acceptors (Lipinski definition) is 3. The summed E-state index contributed by atoms with van der Waals surface area (Å²) in [6.45, 7) is 0.348. The molecule has 0 radical (unpaired) electrons. The first-order valence-corrected chi connectivity index (χ1v) is 8.54. The molecule has 1 heterocycles. The lowest BCUT2D eigenvalue weighted by Crippen LogP contribution is -2.52. The molecule has 1 amide bonds. The molecule has 1 aliphatic heterocycles. The molecular formula is C16H15FN2O3S. The van der Waals surface area contributed by atoms with Crippen molar-refractivity contribution in [3.05, 3.63) is 66.0 Å². The van der Waals surface area contributed by atoms with Gasteiger partial charge in [-0.05, 0) is 23.8 Å². The summed E-state index contributed by atoms with van der Waals surface area (Å²) in [7, 11) is -3.98. The lowest BCUT2D eigenvalue weighted by molar-refractivity contribution is -0.126. The van der Waals surface area contributed by atoms with E-state index in [2.05, 4.69) is 5.32 Å². The van der Waals surface area contributed by atoms with Gasteiger partial charge in [0.15, 0.2) is 0 Å². The van der Waals surface area contributed by atoms with Gasteiger partial charge in [0.05, 0.1) is 4.90 Å². The number of benzene rings is 2. The van der Waals surface area contributed by atoms with Crippen LogP contribution in [0.2, 0.25) is 0 Å². The second kappa shape index (κ2) is 6.10. The van der Waals surface area contributed by atoms with Crippen molar-refractivity contribution in [3.8, 4) is 0 Å². The number of nitrogens with zero attached hydrogens (tertiary/aromatic N) is 1. The van der Waals surface area contributed by atoms with Gasteiger partial charge in [-0.25, -0.2) is 12.8 Å². The van der Waals surface area contributed by atoms with Gasteiger partial charge in [0, 0.05) is 13.1 Å². The first kappa shape index (κ1) is 15.6. The van der Waals surface area contributed by atoms with E-state index in [0.29, 0.717) is 5.56 Å². The van der Waals surface area contributed by atoms with Crippen LogP contribution in [0.3, 0.4) is 0 Å². The maximum atomic E-state index is 13.4. The van der Waals surface area contributed by atoms with Gasteiger partial charge in [0.1, 0.15) is 11.9 Å². The Kier molecular flexibility index (Phi) is 4.14. The van der Waals surface area contributed by atoms with Crippen LogP contribution in [-0.2, 0) is 14.8 Å². The second-order valence-corrected chi connectivity index (χ2v) is 7.07. The highest BCUT2D eigenvalue weighted by atomic mass is 32.2. The first-order valence-electron chi connectivity index (χ1n) is 7.10. The summed E-state index contributed by atoms with van der Waals surface area (Å²) in [6.07, 6.45) is 0. The highest BCUT2D eigenvalue weighted by Gasteiger charge is 2.39. The van der Waals surface area contributed by atoms with Gasteiger partial charge in [-0.1, -0.05) is 36.4 Å². The third kappa shape index (κ3) is 2.97. The van der Waals surface area contributed by atoms with Crippen LogP contribution in [0, 0.1) is 5.82 Å². The third-order valence-corrected chi connectivity index (χ3v) is 5.55. The van der Waals surface area contributed by atoms with Gasteiger partial charge < -0.3 is 5.32 Å². The van der Waals surface area contributed by atoms with Crippen LogP contribution in [0.1, 0.15) is 11.6 Å². The van der Waals surface area contributed by atoms with Crippen molar-refractivity contribution in [3.63, 3.8) is 0 Å². The molecular weight excluding hydrogens is 319 g/mol. The fourth-order valence-corrected chi connectivity index (χ4v) is 4.23. The number of sulfonamides is 1. The molecule has 2 aromatic carbocycles. The maximum Gasteiger partial charge on any atom is 0.244 e. The van der Waals surface area contributed by atoms with Gasteiger partial charge in [0.25, 0.3) is 0 Å². The summed E-state index contributed by atoms with van der Waals surface area (Å²) in [6, 6.07) is 12.5. The van der Waals surface area contributed by atoms with Crippen LogP contribution in [0.15, 0.2) is 59.5 Å². The summed E-state index contributed by atoms with van der Waals surface area (Å²) >= 11 is 0. The SMILES string of the molecule is O=C1NCCN(S(=O)(=O)c2cccc(F)c2)C1c1ccccc1. The number of rotatable bonds is 3. The van der Waals surface area contributed by atoms with Gasteiger partial charge in [-0.3, -0.25) is 4.79 Å². The average Bonchev–Trinajstić information content (AvgIpc) is 2.55. The van der Waals surface area contributed by atoms with E-state index in [1.807, 2.05) is 0 Å². The van der Waals surface area contributed by atoms with E-state index < -0.39 is 21.9 Å². The monoisotopic (exact) mass is 334 g/mol. The van der Waals surface area contributed by atoms with E-state index in [1.165, 1.54) is 18.2 Å². The first-order chi connectivity index (χ1) is 11.0. The maximum absolute atomic E-state index is 13.4. The Balaban J connectivity index is 2.06. The highest BCUT2D eigenvalue weighted by Crippen LogP contribution is 2.29. The van der Waals surface area contributed by atoms with Crippen LogP contribution in [0.4, 0.5) is 4.39 Å². The molecule has 1 N–H and O–H groups in total. The van der Waals surface area contributed by atoms with E-state index in [-0.39, 0.29) is 23.9 Å². The lowest BCUT2D eigenvalue weighted by atomic mass is 10.1. The molecule has 1 unspecified atom stereocenters. The predicted octanol–water partition coefficient (Wildman–Crippen LogP) is 1.69. The van der Waals surface area contributed by atoms with Crippen LogP contribution < -0.4 is 5.32 Å². The van der Waals surface area contributed by atoms with Crippen LogP contribution >= 0.6 is 0 Å². The molecule has 2 aromatic rings. The minimum absolute atomic E-state index is 0.129. The summed E-state index contributed by atoms with van der Waals surface area (Å²) in [5, 5.41) is 2.68. The molecule has 1 aliphatic rings. The fourth-order valence-electron chi connectivity index (χ4n) is 2.62. The Hall–Kier alpha value is -2.25.